The van der Waals surface area contributed by atoms with E-state index >= 15 is 0 Å². The van der Waals surface area contributed by atoms with Crippen molar-refractivity contribution in [2.75, 3.05) is 26.2 Å². The van der Waals surface area contributed by atoms with Crippen LogP contribution in [0.2, 0.25) is 5.02 Å². The molecule has 1 fully saturated rings. The van der Waals surface area contributed by atoms with Gasteiger partial charge in [-0.2, -0.15) is 0 Å². The molecule has 2 rings (SSSR count). The average Bonchev–Trinajstić information content (AvgIpc) is 2.86. The Kier molecular flexibility index (Phi) is 5.64. The Labute approximate surface area is 120 Å². The molecular weight excluding hydrogens is 260 g/mol. The van der Waals surface area contributed by atoms with E-state index in [2.05, 4.69) is 23.2 Å². The van der Waals surface area contributed by atoms with Crippen molar-refractivity contribution in [2.45, 2.75) is 32.4 Å². The van der Waals surface area contributed by atoms with Crippen LogP contribution < -0.4 is 5.32 Å². The lowest BCUT2D eigenvalue weighted by molar-refractivity contribution is 0.179. The van der Waals surface area contributed by atoms with Gasteiger partial charge < -0.3 is 10.4 Å². The number of benzene rings is 1. The van der Waals surface area contributed by atoms with Crippen molar-refractivity contribution in [1.82, 2.24) is 10.2 Å². The van der Waals surface area contributed by atoms with Crippen LogP contribution in [0, 0.1) is 6.92 Å². The van der Waals surface area contributed by atoms with Crippen LogP contribution in [0.3, 0.4) is 0 Å². The Hall–Kier alpha value is -0.610. The first-order valence-corrected chi connectivity index (χ1v) is 7.38. The monoisotopic (exact) mass is 282 g/mol. The van der Waals surface area contributed by atoms with E-state index in [1.165, 1.54) is 24.0 Å². The summed E-state index contributed by atoms with van der Waals surface area (Å²) in [5.74, 6) is 0. The molecule has 0 saturated carbocycles. The van der Waals surface area contributed by atoms with Crippen LogP contribution in [0.1, 0.15) is 24.0 Å². The number of halogens is 1. The Balaban J connectivity index is 1.98. The average molecular weight is 283 g/mol. The molecule has 1 heterocycles. The first-order valence-electron chi connectivity index (χ1n) is 7.00. The van der Waals surface area contributed by atoms with E-state index in [-0.39, 0.29) is 6.61 Å². The van der Waals surface area contributed by atoms with Crippen LogP contribution >= 0.6 is 11.6 Å². The smallest absolute Gasteiger partial charge is 0.0558 e. The van der Waals surface area contributed by atoms with Crippen LogP contribution in [-0.2, 0) is 6.54 Å². The van der Waals surface area contributed by atoms with Crippen molar-refractivity contribution < 1.29 is 5.11 Å². The van der Waals surface area contributed by atoms with Crippen LogP contribution in [0.5, 0.6) is 0 Å². The van der Waals surface area contributed by atoms with Gasteiger partial charge >= 0.3 is 0 Å². The molecule has 0 aliphatic carbocycles. The number of nitrogens with one attached hydrogen (secondary N) is 1. The lowest BCUT2D eigenvalue weighted by Crippen LogP contribution is -2.38. The molecule has 1 atom stereocenters. The number of nitrogens with zero attached hydrogens (tertiary/aromatic N) is 1. The summed E-state index contributed by atoms with van der Waals surface area (Å²) in [5, 5.41) is 13.5. The molecule has 1 aromatic carbocycles. The van der Waals surface area contributed by atoms with E-state index in [0.29, 0.717) is 6.04 Å². The third-order valence-electron chi connectivity index (χ3n) is 3.76. The summed E-state index contributed by atoms with van der Waals surface area (Å²) in [6.07, 6.45) is 2.50. The number of aliphatic hydroxyl groups excluding tert-OH is 1. The number of aryl methyl sites for hydroxylation is 1. The molecule has 1 unspecified atom stereocenters. The van der Waals surface area contributed by atoms with Gasteiger partial charge in [0.1, 0.15) is 0 Å². The summed E-state index contributed by atoms with van der Waals surface area (Å²) in [4.78, 5) is 2.32. The zero-order valence-corrected chi connectivity index (χ0v) is 12.3. The maximum Gasteiger partial charge on any atom is 0.0558 e. The van der Waals surface area contributed by atoms with Crippen LogP contribution in [-0.4, -0.2) is 42.3 Å². The molecule has 0 radical (unpaired) electrons. The fraction of sp³-hybridized carbons (Fsp3) is 0.600. The Morgan fingerprint density at radius 3 is 2.95 bits per heavy atom. The molecule has 1 aliphatic heterocycles. The minimum absolute atomic E-state index is 0.208. The highest BCUT2D eigenvalue weighted by molar-refractivity contribution is 6.30. The normalized spacial score (nSPS) is 19.3. The summed E-state index contributed by atoms with van der Waals surface area (Å²) >= 11 is 5.99. The molecule has 1 saturated heterocycles. The van der Waals surface area contributed by atoms with Gasteiger partial charge in [-0.3, -0.25) is 4.90 Å². The molecule has 0 bridgehead atoms. The number of hydrogen-bond acceptors (Lipinski definition) is 3. The number of hydrogen-bond donors (Lipinski definition) is 2. The first-order chi connectivity index (χ1) is 9.19. The highest BCUT2D eigenvalue weighted by Crippen LogP contribution is 2.17. The minimum Gasteiger partial charge on any atom is -0.395 e. The van der Waals surface area contributed by atoms with E-state index in [4.69, 9.17) is 11.6 Å². The molecule has 4 heteroatoms. The third kappa shape index (κ3) is 4.46. The quantitative estimate of drug-likeness (QED) is 0.840. The van der Waals surface area contributed by atoms with E-state index < -0.39 is 0 Å². The van der Waals surface area contributed by atoms with Gasteiger partial charge in [-0.05, 0) is 49.6 Å². The standard InChI is InChI=1S/C15H23ClN2O/c1-12-9-14(16)5-4-13(12)10-18(7-8-19)11-15-3-2-6-17-15/h4-5,9,15,17,19H,2-3,6-8,10-11H2,1H3. The SMILES string of the molecule is Cc1cc(Cl)ccc1CN(CCO)CC1CCCN1. The second kappa shape index (κ2) is 7.25. The summed E-state index contributed by atoms with van der Waals surface area (Å²) in [7, 11) is 0. The molecule has 1 aromatic rings. The predicted octanol–water partition coefficient (Wildman–Crippen LogP) is 2.19. The van der Waals surface area contributed by atoms with Gasteiger partial charge in [0.25, 0.3) is 0 Å². The maximum atomic E-state index is 9.22. The summed E-state index contributed by atoms with van der Waals surface area (Å²) < 4.78 is 0. The summed E-state index contributed by atoms with van der Waals surface area (Å²) in [6, 6.07) is 6.60. The fourth-order valence-corrected chi connectivity index (χ4v) is 2.90. The molecule has 0 aromatic heterocycles. The zero-order chi connectivity index (χ0) is 13.7. The van der Waals surface area contributed by atoms with Crippen molar-refractivity contribution in [3.05, 3.63) is 34.3 Å². The minimum atomic E-state index is 0.208. The second-order valence-electron chi connectivity index (χ2n) is 5.32. The summed E-state index contributed by atoms with van der Waals surface area (Å²) in [6.45, 7) is 6.02. The zero-order valence-electron chi connectivity index (χ0n) is 11.5. The molecule has 1 aliphatic rings. The van der Waals surface area contributed by atoms with Crippen LogP contribution in [0.4, 0.5) is 0 Å². The summed E-state index contributed by atoms with van der Waals surface area (Å²) in [5.41, 5.74) is 2.51. The van der Waals surface area contributed by atoms with Gasteiger partial charge in [0.15, 0.2) is 0 Å². The molecule has 2 N–H and O–H groups in total. The molecule has 3 nitrogen and oxygen atoms in total. The maximum absolute atomic E-state index is 9.22. The first kappa shape index (κ1) is 14.8. The van der Waals surface area contributed by atoms with Crippen molar-refractivity contribution in [1.29, 1.82) is 0 Å². The van der Waals surface area contributed by atoms with Gasteiger partial charge in [0, 0.05) is 30.7 Å². The van der Waals surface area contributed by atoms with Crippen molar-refractivity contribution in [3.63, 3.8) is 0 Å². The predicted molar refractivity (Wildman–Crippen MR) is 79.6 cm³/mol. The van der Waals surface area contributed by atoms with Crippen LogP contribution in [0.15, 0.2) is 18.2 Å². The lowest BCUT2D eigenvalue weighted by atomic mass is 10.1. The Morgan fingerprint density at radius 1 is 1.47 bits per heavy atom. The molecule has 19 heavy (non-hydrogen) atoms. The van der Waals surface area contributed by atoms with Crippen LogP contribution in [0.25, 0.3) is 0 Å². The molecule has 106 valence electrons. The van der Waals surface area contributed by atoms with Gasteiger partial charge in [-0.1, -0.05) is 17.7 Å². The topological polar surface area (TPSA) is 35.5 Å². The van der Waals surface area contributed by atoms with E-state index in [9.17, 15) is 5.11 Å². The van der Waals surface area contributed by atoms with Gasteiger partial charge in [-0.15, -0.1) is 0 Å². The molecular formula is C15H23ClN2O. The van der Waals surface area contributed by atoms with E-state index in [1.54, 1.807) is 0 Å². The number of aliphatic hydroxyl groups is 1. The highest BCUT2D eigenvalue weighted by atomic mass is 35.5. The Morgan fingerprint density at radius 2 is 2.32 bits per heavy atom. The van der Waals surface area contributed by atoms with Gasteiger partial charge in [-0.25, -0.2) is 0 Å². The van der Waals surface area contributed by atoms with E-state index in [0.717, 1.165) is 31.2 Å². The van der Waals surface area contributed by atoms with Crippen molar-refractivity contribution in [2.24, 2.45) is 0 Å². The highest BCUT2D eigenvalue weighted by Gasteiger charge is 2.18. The van der Waals surface area contributed by atoms with Gasteiger partial charge in [0.05, 0.1) is 6.61 Å². The Bertz CT molecular complexity index is 405. The van der Waals surface area contributed by atoms with Gasteiger partial charge in [0.2, 0.25) is 0 Å². The molecule has 0 spiro atoms. The largest absolute Gasteiger partial charge is 0.395 e. The number of rotatable bonds is 6. The molecule has 0 amide bonds. The fourth-order valence-electron chi connectivity index (χ4n) is 2.68. The van der Waals surface area contributed by atoms with Crippen molar-refractivity contribution >= 4 is 11.6 Å². The van der Waals surface area contributed by atoms with E-state index in [1.807, 2.05) is 12.1 Å². The third-order valence-corrected chi connectivity index (χ3v) is 3.99. The lowest BCUT2D eigenvalue weighted by Gasteiger charge is -2.25. The van der Waals surface area contributed by atoms with Crippen molar-refractivity contribution in [3.8, 4) is 0 Å². The second-order valence-corrected chi connectivity index (χ2v) is 5.76.